The average molecular weight is 346 g/mol. The third kappa shape index (κ3) is 4.83. The molecule has 6 nitrogen and oxygen atoms in total. The highest BCUT2D eigenvalue weighted by Gasteiger charge is 2.34. The molecule has 2 saturated heterocycles. The van der Waals surface area contributed by atoms with Crippen LogP contribution in [0.3, 0.4) is 0 Å². The number of urea groups is 1. The predicted molar refractivity (Wildman–Crippen MR) is 90.2 cm³/mol. The second-order valence-electron chi connectivity index (χ2n) is 6.81. The van der Waals surface area contributed by atoms with Crippen LogP contribution in [-0.2, 0) is 14.6 Å². The van der Waals surface area contributed by atoms with Crippen molar-refractivity contribution < 1.29 is 17.9 Å². The largest absolute Gasteiger partial charge is 0.378 e. The van der Waals surface area contributed by atoms with Crippen LogP contribution in [-0.4, -0.2) is 62.2 Å². The molecule has 0 saturated carbocycles. The lowest BCUT2D eigenvalue weighted by Crippen LogP contribution is -2.56. The minimum atomic E-state index is -3.00. The molecule has 2 fully saturated rings. The zero-order valence-electron chi connectivity index (χ0n) is 14.5. The number of amides is 2. The molecular formula is C16H30N2O4S. The van der Waals surface area contributed by atoms with Gasteiger partial charge in [-0.2, -0.15) is 0 Å². The van der Waals surface area contributed by atoms with Gasteiger partial charge in [-0.15, -0.1) is 0 Å². The molecule has 2 rings (SSSR count). The Hall–Kier alpha value is -0.820. The second kappa shape index (κ2) is 7.83. The molecular weight excluding hydrogens is 316 g/mol. The van der Waals surface area contributed by atoms with Crippen molar-refractivity contribution >= 4 is 15.9 Å². The summed E-state index contributed by atoms with van der Waals surface area (Å²) in [6.07, 6.45) is 4.05. The molecule has 0 aromatic carbocycles. The van der Waals surface area contributed by atoms with Crippen LogP contribution in [0.15, 0.2) is 0 Å². The van der Waals surface area contributed by atoms with Crippen molar-refractivity contribution in [1.82, 2.24) is 10.2 Å². The molecule has 3 atom stereocenters. The maximum absolute atomic E-state index is 12.5. The van der Waals surface area contributed by atoms with E-state index in [1.165, 1.54) is 0 Å². The van der Waals surface area contributed by atoms with Gasteiger partial charge in [-0.25, -0.2) is 13.2 Å². The van der Waals surface area contributed by atoms with E-state index in [1.807, 2.05) is 0 Å². The van der Waals surface area contributed by atoms with Crippen LogP contribution >= 0.6 is 0 Å². The van der Waals surface area contributed by atoms with Gasteiger partial charge in [-0.1, -0.05) is 26.7 Å². The topological polar surface area (TPSA) is 75.7 Å². The Balaban J connectivity index is 1.90. The van der Waals surface area contributed by atoms with Crippen molar-refractivity contribution in [2.24, 2.45) is 5.92 Å². The van der Waals surface area contributed by atoms with E-state index in [4.69, 9.17) is 4.74 Å². The van der Waals surface area contributed by atoms with E-state index in [9.17, 15) is 13.2 Å². The van der Waals surface area contributed by atoms with E-state index in [0.717, 1.165) is 25.7 Å². The Morgan fingerprint density at radius 1 is 1.35 bits per heavy atom. The molecule has 2 aliphatic rings. The smallest absolute Gasteiger partial charge is 0.317 e. The fourth-order valence-electron chi connectivity index (χ4n) is 3.66. The Kier molecular flexibility index (Phi) is 6.31. The molecule has 0 aliphatic carbocycles. The summed E-state index contributed by atoms with van der Waals surface area (Å²) in [6, 6.07) is -0.279. The highest BCUT2D eigenvalue weighted by atomic mass is 32.2. The van der Waals surface area contributed by atoms with Crippen molar-refractivity contribution in [1.29, 1.82) is 0 Å². The Morgan fingerprint density at radius 3 is 2.65 bits per heavy atom. The zero-order valence-corrected chi connectivity index (χ0v) is 15.3. The predicted octanol–water partition coefficient (Wildman–Crippen LogP) is 1.80. The van der Waals surface area contributed by atoms with Crippen molar-refractivity contribution in [3.8, 4) is 0 Å². The summed E-state index contributed by atoms with van der Waals surface area (Å²) in [7, 11) is -3.00. The van der Waals surface area contributed by atoms with E-state index in [-0.39, 0.29) is 42.3 Å². The fourth-order valence-corrected chi connectivity index (χ4v) is 5.22. The first-order valence-corrected chi connectivity index (χ1v) is 10.6. The highest BCUT2D eigenvalue weighted by molar-refractivity contribution is 7.91. The third-order valence-corrected chi connectivity index (χ3v) is 6.94. The third-order valence-electron chi connectivity index (χ3n) is 5.15. The quantitative estimate of drug-likeness (QED) is 0.842. The van der Waals surface area contributed by atoms with Crippen molar-refractivity contribution in [3.05, 3.63) is 0 Å². The van der Waals surface area contributed by atoms with Gasteiger partial charge in [-0.3, -0.25) is 0 Å². The van der Waals surface area contributed by atoms with Crippen LogP contribution in [0.5, 0.6) is 0 Å². The maximum Gasteiger partial charge on any atom is 0.317 e. The number of carbonyl (C=O) groups excluding carboxylic acids is 1. The van der Waals surface area contributed by atoms with Gasteiger partial charge in [0.2, 0.25) is 0 Å². The summed E-state index contributed by atoms with van der Waals surface area (Å²) in [6.45, 7) is 7.11. The number of ether oxygens (including phenoxy) is 1. The number of nitrogens with zero attached hydrogens (tertiary/aromatic N) is 1. The number of hydrogen-bond acceptors (Lipinski definition) is 4. The molecule has 2 heterocycles. The first-order chi connectivity index (χ1) is 10.9. The standard InChI is InChI=1S/C16H30N2O4S/c1-4-13(5-2)15-10-14(6-8-22-15)17-16(19)18-7-9-23(20,21)11-12(18)3/h12-15H,4-11H2,1-3H3,(H,17,19). The lowest BCUT2D eigenvalue weighted by Gasteiger charge is -2.37. The molecule has 7 heteroatoms. The number of rotatable bonds is 4. The van der Waals surface area contributed by atoms with Crippen molar-refractivity contribution in [2.75, 3.05) is 24.7 Å². The van der Waals surface area contributed by atoms with Crippen LogP contribution in [0.25, 0.3) is 0 Å². The van der Waals surface area contributed by atoms with Gasteiger partial charge in [0.1, 0.15) is 0 Å². The SMILES string of the molecule is CCC(CC)C1CC(NC(=O)N2CCS(=O)(=O)CC2C)CCO1. The highest BCUT2D eigenvalue weighted by Crippen LogP contribution is 2.25. The van der Waals surface area contributed by atoms with Crippen molar-refractivity contribution in [3.63, 3.8) is 0 Å². The van der Waals surface area contributed by atoms with Gasteiger partial charge in [-0.05, 0) is 25.7 Å². The molecule has 0 bridgehead atoms. The summed E-state index contributed by atoms with van der Waals surface area (Å²) in [4.78, 5) is 14.1. The lowest BCUT2D eigenvalue weighted by molar-refractivity contribution is -0.0337. The summed E-state index contributed by atoms with van der Waals surface area (Å²) in [5, 5.41) is 3.09. The van der Waals surface area contributed by atoms with Gasteiger partial charge in [0.15, 0.2) is 9.84 Å². The van der Waals surface area contributed by atoms with Gasteiger partial charge in [0.05, 0.1) is 17.6 Å². The Labute approximate surface area is 139 Å². The molecule has 0 aromatic rings. The molecule has 2 aliphatic heterocycles. The number of hydrogen-bond donors (Lipinski definition) is 1. The molecule has 134 valence electrons. The lowest BCUT2D eigenvalue weighted by atomic mass is 9.89. The first-order valence-electron chi connectivity index (χ1n) is 8.75. The molecule has 0 aromatic heterocycles. The van der Waals surface area contributed by atoms with Gasteiger partial charge in [0, 0.05) is 25.2 Å². The van der Waals surface area contributed by atoms with E-state index in [0.29, 0.717) is 12.5 Å². The maximum atomic E-state index is 12.5. The summed E-state index contributed by atoms with van der Waals surface area (Å²) in [5.41, 5.74) is 0. The van der Waals surface area contributed by atoms with E-state index in [2.05, 4.69) is 19.2 Å². The van der Waals surface area contributed by atoms with Crippen LogP contribution in [0, 0.1) is 5.92 Å². The monoisotopic (exact) mass is 346 g/mol. The Bertz CT molecular complexity index is 504. The van der Waals surface area contributed by atoms with Gasteiger partial charge >= 0.3 is 6.03 Å². The van der Waals surface area contributed by atoms with Crippen LogP contribution < -0.4 is 5.32 Å². The number of carbonyl (C=O) groups is 1. The van der Waals surface area contributed by atoms with Gasteiger partial charge < -0.3 is 15.0 Å². The molecule has 1 N–H and O–H groups in total. The van der Waals surface area contributed by atoms with Crippen molar-refractivity contribution in [2.45, 2.75) is 64.6 Å². The number of nitrogens with one attached hydrogen (secondary N) is 1. The average Bonchev–Trinajstić information content (AvgIpc) is 2.47. The summed E-state index contributed by atoms with van der Waals surface area (Å²) < 4.78 is 29.1. The first kappa shape index (κ1) is 18.5. The van der Waals surface area contributed by atoms with Crippen LogP contribution in [0.4, 0.5) is 4.79 Å². The van der Waals surface area contributed by atoms with E-state index < -0.39 is 9.84 Å². The van der Waals surface area contributed by atoms with E-state index in [1.54, 1.807) is 11.8 Å². The molecule has 0 spiro atoms. The second-order valence-corrected chi connectivity index (χ2v) is 9.04. The minimum Gasteiger partial charge on any atom is -0.378 e. The van der Waals surface area contributed by atoms with Gasteiger partial charge in [0.25, 0.3) is 0 Å². The summed E-state index contributed by atoms with van der Waals surface area (Å²) >= 11 is 0. The molecule has 23 heavy (non-hydrogen) atoms. The minimum absolute atomic E-state index is 0.0601. The van der Waals surface area contributed by atoms with E-state index >= 15 is 0 Å². The van der Waals surface area contributed by atoms with Crippen LogP contribution in [0.2, 0.25) is 0 Å². The fraction of sp³-hybridized carbons (Fsp3) is 0.938. The van der Waals surface area contributed by atoms with Crippen LogP contribution in [0.1, 0.15) is 46.5 Å². The normalized spacial score (nSPS) is 31.1. The molecule has 0 radical (unpaired) electrons. The summed E-state index contributed by atoms with van der Waals surface area (Å²) in [5.74, 6) is 0.660. The number of sulfone groups is 1. The Morgan fingerprint density at radius 2 is 2.04 bits per heavy atom. The molecule has 2 amide bonds. The zero-order chi connectivity index (χ0) is 17.0. The molecule has 3 unspecified atom stereocenters.